The van der Waals surface area contributed by atoms with E-state index in [1.165, 1.54) is 27.7 Å². The zero-order valence-corrected chi connectivity index (χ0v) is 18.9. The average molecular weight is 468 g/mol. The van der Waals surface area contributed by atoms with Crippen LogP contribution in [0.4, 0.5) is 5.13 Å². The number of thiophene rings is 2. The van der Waals surface area contributed by atoms with Crippen LogP contribution in [0, 0.1) is 6.92 Å². The van der Waals surface area contributed by atoms with Gasteiger partial charge < -0.3 is 0 Å². The van der Waals surface area contributed by atoms with Crippen molar-refractivity contribution in [3.8, 4) is 0 Å². The number of nitrogens with zero attached hydrogens (tertiary/aromatic N) is 3. The van der Waals surface area contributed by atoms with Crippen LogP contribution in [0.25, 0.3) is 20.3 Å². The Balaban J connectivity index is 1.62. The Kier molecular flexibility index (Phi) is 5.12. The van der Waals surface area contributed by atoms with Crippen LogP contribution in [-0.4, -0.2) is 17.1 Å². The molecule has 30 heavy (non-hydrogen) atoms. The first-order valence-electron chi connectivity index (χ1n) is 9.06. The summed E-state index contributed by atoms with van der Waals surface area (Å²) >= 11 is 10.9. The van der Waals surface area contributed by atoms with Crippen molar-refractivity contribution in [2.24, 2.45) is 5.10 Å². The van der Waals surface area contributed by atoms with Gasteiger partial charge in [0.2, 0.25) is 5.13 Å². The van der Waals surface area contributed by atoms with Crippen molar-refractivity contribution in [1.82, 2.24) is 4.98 Å². The molecule has 3 heterocycles. The maximum absolute atomic E-state index is 13.5. The predicted octanol–water partition coefficient (Wildman–Crippen LogP) is 7.22. The zero-order chi connectivity index (χ0) is 20.7. The maximum Gasteiger partial charge on any atom is 0.292 e. The predicted molar refractivity (Wildman–Crippen MR) is 130 cm³/mol. The summed E-state index contributed by atoms with van der Waals surface area (Å²) in [4.78, 5) is 19.6. The van der Waals surface area contributed by atoms with E-state index in [1.807, 2.05) is 60.8 Å². The van der Waals surface area contributed by atoms with Crippen LogP contribution in [0.15, 0.2) is 65.1 Å². The number of hydrazone groups is 1. The van der Waals surface area contributed by atoms with Gasteiger partial charge in [-0.3, -0.25) is 4.79 Å². The molecule has 0 aliphatic carbocycles. The van der Waals surface area contributed by atoms with Gasteiger partial charge in [0.05, 0.1) is 21.5 Å². The topological polar surface area (TPSA) is 45.6 Å². The van der Waals surface area contributed by atoms with E-state index in [9.17, 15) is 4.79 Å². The van der Waals surface area contributed by atoms with E-state index in [1.54, 1.807) is 17.6 Å². The molecule has 0 aliphatic heterocycles. The second kappa shape index (κ2) is 7.92. The molecule has 0 bridgehead atoms. The van der Waals surface area contributed by atoms with Gasteiger partial charge in [-0.05, 0) is 42.1 Å². The van der Waals surface area contributed by atoms with Gasteiger partial charge in [-0.2, -0.15) is 10.1 Å². The first-order valence-corrected chi connectivity index (χ1v) is 12.0. The molecule has 1 amide bonds. The molecule has 0 radical (unpaired) electrons. The van der Waals surface area contributed by atoms with Gasteiger partial charge in [-0.15, -0.1) is 22.7 Å². The summed E-state index contributed by atoms with van der Waals surface area (Å²) in [5, 5.41) is 9.67. The molecular formula is C22H14ClN3OS3. The fraction of sp³-hybridized carbons (Fsp3) is 0.0455. The molecule has 0 spiro atoms. The van der Waals surface area contributed by atoms with Crippen LogP contribution < -0.4 is 5.01 Å². The monoisotopic (exact) mass is 467 g/mol. The van der Waals surface area contributed by atoms with E-state index in [0.29, 0.717) is 15.0 Å². The van der Waals surface area contributed by atoms with Crippen molar-refractivity contribution in [3.05, 3.63) is 80.3 Å². The Bertz CT molecular complexity index is 1400. The van der Waals surface area contributed by atoms with Gasteiger partial charge >= 0.3 is 0 Å². The Morgan fingerprint density at radius 3 is 2.77 bits per heavy atom. The average Bonchev–Trinajstić information content (AvgIpc) is 3.47. The van der Waals surface area contributed by atoms with Crippen molar-refractivity contribution in [1.29, 1.82) is 0 Å². The minimum Gasteiger partial charge on any atom is -0.266 e. The number of carbonyl (C=O) groups is 1. The van der Waals surface area contributed by atoms with Crippen molar-refractivity contribution in [2.75, 3.05) is 5.01 Å². The summed E-state index contributed by atoms with van der Waals surface area (Å²) in [5.74, 6) is -0.287. The van der Waals surface area contributed by atoms with E-state index < -0.39 is 0 Å². The summed E-state index contributed by atoms with van der Waals surface area (Å²) in [6.45, 7) is 2.04. The number of fused-ring (bicyclic) bond motifs is 2. The summed E-state index contributed by atoms with van der Waals surface area (Å²) in [5.41, 5.74) is 1.98. The molecule has 2 aromatic carbocycles. The number of benzene rings is 2. The van der Waals surface area contributed by atoms with Crippen molar-refractivity contribution < 1.29 is 4.79 Å². The van der Waals surface area contributed by atoms with Crippen LogP contribution in [-0.2, 0) is 0 Å². The molecular weight excluding hydrogens is 454 g/mol. The third kappa shape index (κ3) is 3.54. The van der Waals surface area contributed by atoms with E-state index in [0.717, 1.165) is 30.7 Å². The number of hydrogen-bond donors (Lipinski definition) is 0. The highest BCUT2D eigenvalue weighted by atomic mass is 35.5. The summed E-state index contributed by atoms with van der Waals surface area (Å²) in [7, 11) is 0. The molecule has 5 rings (SSSR count). The minimum absolute atomic E-state index is 0.287. The van der Waals surface area contributed by atoms with E-state index in [-0.39, 0.29) is 5.91 Å². The van der Waals surface area contributed by atoms with Crippen molar-refractivity contribution >= 4 is 83.2 Å². The second-order valence-corrected chi connectivity index (χ2v) is 10.0. The molecule has 4 nitrogen and oxygen atoms in total. The Morgan fingerprint density at radius 2 is 1.97 bits per heavy atom. The van der Waals surface area contributed by atoms with Gasteiger partial charge in [-0.1, -0.05) is 53.3 Å². The van der Waals surface area contributed by atoms with Crippen LogP contribution in [0.5, 0.6) is 0 Å². The highest BCUT2D eigenvalue weighted by Crippen LogP contribution is 2.38. The minimum atomic E-state index is -0.287. The number of hydrogen-bond acceptors (Lipinski definition) is 6. The van der Waals surface area contributed by atoms with Crippen molar-refractivity contribution in [3.63, 3.8) is 0 Å². The summed E-state index contributed by atoms with van der Waals surface area (Å²) in [6.07, 6.45) is 1.68. The number of halogens is 1. The lowest BCUT2D eigenvalue weighted by atomic mass is 10.2. The molecule has 0 saturated heterocycles. The van der Waals surface area contributed by atoms with Gasteiger partial charge in [-0.25, -0.2) is 4.98 Å². The van der Waals surface area contributed by atoms with Crippen LogP contribution in [0.2, 0.25) is 5.02 Å². The fourth-order valence-corrected chi connectivity index (χ4v) is 6.06. The van der Waals surface area contributed by atoms with Gasteiger partial charge in [0.15, 0.2) is 0 Å². The lowest BCUT2D eigenvalue weighted by molar-refractivity contribution is 0.0992. The highest BCUT2D eigenvalue weighted by molar-refractivity contribution is 7.23. The largest absolute Gasteiger partial charge is 0.292 e. The van der Waals surface area contributed by atoms with Crippen LogP contribution >= 0.6 is 45.6 Å². The molecule has 3 aromatic heterocycles. The maximum atomic E-state index is 13.5. The number of thiazole rings is 1. The molecule has 0 N–H and O–H groups in total. The summed E-state index contributed by atoms with van der Waals surface area (Å²) in [6, 6.07) is 17.7. The number of carbonyl (C=O) groups excluding carboxylic acids is 1. The lowest BCUT2D eigenvalue weighted by Crippen LogP contribution is -2.25. The van der Waals surface area contributed by atoms with E-state index >= 15 is 0 Å². The Morgan fingerprint density at radius 1 is 1.10 bits per heavy atom. The number of aryl methyl sites for hydroxylation is 1. The molecule has 5 aromatic rings. The molecule has 8 heteroatoms. The van der Waals surface area contributed by atoms with Crippen molar-refractivity contribution in [2.45, 2.75) is 6.92 Å². The number of anilines is 1. The quantitative estimate of drug-likeness (QED) is 0.207. The smallest absolute Gasteiger partial charge is 0.266 e. The Hall–Kier alpha value is -2.58. The zero-order valence-electron chi connectivity index (χ0n) is 15.7. The van der Waals surface area contributed by atoms with Crippen LogP contribution in [0.1, 0.15) is 20.1 Å². The number of amides is 1. The highest BCUT2D eigenvalue weighted by Gasteiger charge is 2.26. The molecule has 148 valence electrons. The first-order chi connectivity index (χ1) is 14.6. The third-order valence-corrected chi connectivity index (χ3v) is 7.94. The standard InChI is InChI=1S/C22H14ClN3OS3/c1-13-8-9-16-18(11-13)30-22(25-16)26(24-12-14-5-4-10-28-14)21(27)20-19(23)15-6-2-3-7-17(15)29-20/h2-12H,1H3/b24-12+. The third-order valence-electron chi connectivity index (χ3n) is 4.48. The fourth-order valence-electron chi connectivity index (χ4n) is 3.03. The van der Waals surface area contributed by atoms with Gasteiger partial charge in [0.1, 0.15) is 4.88 Å². The van der Waals surface area contributed by atoms with E-state index in [2.05, 4.69) is 16.2 Å². The van der Waals surface area contributed by atoms with Gasteiger partial charge in [0, 0.05) is 15.0 Å². The first kappa shape index (κ1) is 19.4. The molecule has 0 aliphatic rings. The molecule has 0 fully saturated rings. The molecule has 0 unspecified atom stereocenters. The number of rotatable bonds is 4. The van der Waals surface area contributed by atoms with Crippen LogP contribution in [0.3, 0.4) is 0 Å². The summed E-state index contributed by atoms with van der Waals surface area (Å²) < 4.78 is 1.98. The van der Waals surface area contributed by atoms with Gasteiger partial charge in [0.25, 0.3) is 5.91 Å². The lowest BCUT2D eigenvalue weighted by Gasteiger charge is -2.12. The normalized spacial score (nSPS) is 11.7. The Labute approximate surface area is 189 Å². The number of aromatic nitrogens is 1. The second-order valence-electron chi connectivity index (χ2n) is 6.59. The SMILES string of the molecule is Cc1ccc2nc(N(/N=C/c3cccs3)C(=O)c3sc4ccccc4c3Cl)sc2c1. The molecule has 0 atom stereocenters. The molecule has 0 saturated carbocycles. The van der Waals surface area contributed by atoms with E-state index in [4.69, 9.17) is 11.6 Å².